The lowest BCUT2D eigenvalue weighted by Crippen LogP contribution is -2.07. The molecule has 1 aliphatic rings. The van der Waals surface area contributed by atoms with Gasteiger partial charge in [-0.05, 0) is 50.3 Å². The molecule has 0 saturated heterocycles. The van der Waals surface area contributed by atoms with Crippen molar-refractivity contribution < 1.29 is 0 Å². The van der Waals surface area contributed by atoms with E-state index in [0.29, 0.717) is 0 Å². The third-order valence-corrected chi connectivity index (χ3v) is 2.87. The van der Waals surface area contributed by atoms with Gasteiger partial charge < -0.3 is 11.1 Å². The van der Waals surface area contributed by atoms with Crippen LogP contribution in [0.5, 0.6) is 0 Å². The molecule has 1 heterocycles. The van der Waals surface area contributed by atoms with Crippen molar-refractivity contribution in [3.63, 3.8) is 0 Å². The lowest BCUT2D eigenvalue weighted by molar-refractivity contribution is 0.772. The highest BCUT2D eigenvalue weighted by Crippen LogP contribution is 2.21. The van der Waals surface area contributed by atoms with E-state index in [-0.39, 0.29) is 0 Å². The number of hydrogen-bond acceptors (Lipinski definition) is 3. The fraction of sp³-hybridized carbons (Fsp3) is 0.583. The van der Waals surface area contributed by atoms with E-state index in [4.69, 9.17) is 5.73 Å². The zero-order valence-electron chi connectivity index (χ0n) is 9.13. The Morgan fingerprint density at radius 1 is 1.27 bits per heavy atom. The number of hydrogen-bond donors (Lipinski definition) is 2. The van der Waals surface area contributed by atoms with Gasteiger partial charge >= 0.3 is 0 Å². The van der Waals surface area contributed by atoms with Crippen LogP contribution in [0.15, 0.2) is 12.1 Å². The fourth-order valence-electron chi connectivity index (χ4n) is 2.00. The summed E-state index contributed by atoms with van der Waals surface area (Å²) < 4.78 is 0. The van der Waals surface area contributed by atoms with E-state index in [2.05, 4.69) is 22.4 Å². The second-order valence-corrected chi connectivity index (χ2v) is 4.08. The van der Waals surface area contributed by atoms with E-state index in [1.165, 1.54) is 24.1 Å². The van der Waals surface area contributed by atoms with Gasteiger partial charge in [-0.1, -0.05) is 6.07 Å². The second-order valence-electron chi connectivity index (χ2n) is 4.08. The molecule has 3 N–H and O–H groups in total. The summed E-state index contributed by atoms with van der Waals surface area (Å²) in [4.78, 5) is 4.61. The van der Waals surface area contributed by atoms with Crippen LogP contribution in [0.3, 0.4) is 0 Å². The number of fused-ring (bicyclic) bond motifs is 1. The molecule has 2 rings (SSSR count). The van der Waals surface area contributed by atoms with Crippen LogP contribution in [0, 0.1) is 0 Å². The van der Waals surface area contributed by atoms with Crippen molar-refractivity contribution in [3.05, 3.63) is 23.4 Å². The molecule has 0 atom stereocenters. The minimum absolute atomic E-state index is 0.777. The van der Waals surface area contributed by atoms with Crippen molar-refractivity contribution in [1.29, 1.82) is 0 Å². The Morgan fingerprint density at radius 2 is 2.20 bits per heavy atom. The zero-order chi connectivity index (χ0) is 10.5. The van der Waals surface area contributed by atoms with E-state index >= 15 is 0 Å². The quantitative estimate of drug-likeness (QED) is 0.720. The molecule has 0 amide bonds. The molecule has 0 spiro atoms. The van der Waals surface area contributed by atoms with Crippen molar-refractivity contribution in [2.45, 2.75) is 32.1 Å². The topological polar surface area (TPSA) is 50.9 Å². The lowest BCUT2D eigenvalue weighted by Gasteiger charge is -2.06. The summed E-state index contributed by atoms with van der Waals surface area (Å²) in [6.45, 7) is 1.75. The van der Waals surface area contributed by atoms with Gasteiger partial charge in [0.2, 0.25) is 0 Å². The molecule has 1 aromatic heterocycles. The highest BCUT2D eigenvalue weighted by molar-refractivity contribution is 5.40. The van der Waals surface area contributed by atoms with Crippen molar-refractivity contribution in [2.24, 2.45) is 5.73 Å². The number of unbranched alkanes of at least 4 members (excludes halogenated alkanes) is 1. The summed E-state index contributed by atoms with van der Waals surface area (Å²) >= 11 is 0. The Labute approximate surface area is 91.1 Å². The number of nitrogens with one attached hydrogen (secondary N) is 1. The molecule has 0 bridgehead atoms. The lowest BCUT2D eigenvalue weighted by atomic mass is 10.2. The number of pyridine rings is 1. The number of aryl methyl sites for hydroxylation is 2. The van der Waals surface area contributed by atoms with Crippen LogP contribution < -0.4 is 11.1 Å². The summed E-state index contributed by atoms with van der Waals surface area (Å²) in [7, 11) is 0. The number of nitrogens with two attached hydrogens (primary N) is 1. The second kappa shape index (κ2) is 5.12. The normalized spacial score (nSPS) is 13.9. The number of rotatable bonds is 5. The maximum absolute atomic E-state index is 5.44. The Morgan fingerprint density at radius 3 is 3.07 bits per heavy atom. The van der Waals surface area contributed by atoms with Crippen LogP contribution >= 0.6 is 0 Å². The highest BCUT2D eigenvalue weighted by atomic mass is 15.0. The van der Waals surface area contributed by atoms with Crippen LogP contribution in [0.25, 0.3) is 0 Å². The van der Waals surface area contributed by atoms with Gasteiger partial charge in [0, 0.05) is 12.2 Å². The van der Waals surface area contributed by atoms with Crippen molar-refractivity contribution in [1.82, 2.24) is 4.98 Å². The minimum Gasteiger partial charge on any atom is -0.370 e. The predicted molar refractivity (Wildman–Crippen MR) is 63.0 cm³/mol. The third-order valence-electron chi connectivity index (χ3n) is 2.87. The fourth-order valence-corrected chi connectivity index (χ4v) is 2.00. The standard InChI is InChI=1S/C12H19N3/c13-8-1-2-9-14-12-7-6-10-4-3-5-11(10)15-12/h6-7H,1-5,8-9,13H2,(H,14,15). The van der Waals surface area contributed by atoms with Gasteiger partial charge in [0.05, 0.1) is 0 Å². The van der Waals surface area contributed by atoms with Crippen LogP contribution in [0.1, 0.15) is 30.5 Å². The molecule has 1 aromatic rings. The Hall–Kier alpha value is -1.09. The molecule has 0 radical (unpaired) electrons. The predicted octanol–water partition coefficient (Wildman–Crippen LogP) is 1.72. The van der Waals surface area contributed by atoms with E-state index in [1.807, 2.05) is 0 Å². The largest absolute Gasteiger partial charge is 0.370 e. The van der Waals surface area contributed by atoms with Gasteiger partial charge in [-0.3, -0.25) is 0 Å². The molecule has 3 nitrogen and oxygen atoms in total. The maximum atomic E-state index is 5.44. The number of nitrogens with zero attached hydrogens (tertiary/aromatic N) is 1. The molecular weight excluding hydrogens is 186 g/mol. The molecule has 3 heteroatoms. The third kappa shape index (κ3) is 2.69. The molecule has 0 saturated carbocycles. The summed E-state index contributed by atoms with van der Waals surface area (Å²) in [6.07, 6.45) is 5.82. The number of anilines is 1. The van der Waals surface area contributed by atoms with Gasteiger partial charge in [-0.25, -0.2) is 4.98 Å². The van der Waals surface area contributed by atoms with Gasteiger partial charge in [-0.2, -0.15) is 0 Å². The Bertz CT molecular complexity index is 323. The van der Waals surface area contributed by atoms with Crippen LogP contribution in [-0.4, -0.2) is 18.1 Å². The molecular formula is C12H19N3. The maximum Gasteiger partial charge on any atom is 0.126 e. The molecule has 0 aliphatic heterocycles. The Balaban J connectivity index is 1.87. The molecule has 0 aromatic carbocycles. The SMILES string of the molecule is NCCCCNc1ccc2c(n1)CCC2. The summed E-state index contributed by atoms with van der Waals surface area (Å²) in [5.41, 5.74) is 8.16. The molecule has 0 unspecified atom stereocenters. The van der Waals surface area contributed by atoms with Gasteiger partial charge in [0.25, 0.3) is 0 Å². The van der Waals surface area contributed by atoms with Gasteiger partial charge in [0.15, 0.2) is 0 Å². The average Bonchev–Trinajstić information content (AvgIpc) is 2.71. The van der Waals surface area contributed by atoms with Crippen LogP contribution in [0.4, 0.5) is 5.82 Å². The first kappa shape index (κ1) is 10.4. The Kier molecular flexibility index (Phi) is 3.56. The molecule has 82 valence electrons. The average molecular weight is 205 g/mol. The highest BCUT2D eigenvalue weighted by Gasteiger charge is 2.11. The van der Waals surface area contributed by atoms with Crippen molar-refractivity contribution >= 4 is 5.82 Å². The van der Waals surface area contributed by atoms with Crippen molar-refractivity contribution in [2.75, 3.05) is 18.4 Å². The summed E-state index contributed by atoms with van der Waals surface area (Å²) in [5.74, 6) is 1.02. The van der Waals surface area contributed by atoms with E-state index < -0.39 is 0 Å². The van der Waals surface area contributed by atoms with Crippen LogP contribution in [-0.2, 0) is 12.8 Å². The smallest absolute Gasteiger partial charge is 0.126 e. The monoisotopic (exact) mass is 205 g/mol. The number of aromatic nitrogens is 1. The minimum atomic E-state index is 0.777. The van der Waals surface area contributed by atoms with E-state index in [1.54, 1.807) is 0 Å². The van der Waals surface area contributed by atoms with Gasteiger partial charge in [0.1, 0.15) is 5.82 Å². The van der Waals surface area contributed by atoms with E-state index in [0.717, 1.165) is 38.2 Å². The van der Waals surface area contributed by atoms with Crippen LogP contribution in [0.2, 0.25) is 0 Å². The molecule has 15 heavy (non-hydrogen) atoms. The summed E-state index contributed by atoms with van der Waals surface area (Å²) in [5, 5.41) is 3.34. The van der Waals surface area contributed by atoms with Crippen molar-refractivity contribution in [3.8, 4) is 0 Å². The molecule has 1 aliphatic carbocycles. The zero-order valence-corrected chi connectivity index (χ0v) is 9.13. The molecule has 0 fully saturated rings. The summed E-state index contributed by atoms with van der Waals surface area (Å²) in [6, 6.07) is 4.30. The first-order valence-electron chi connectivity index (χ1n) is 5.83. The van der Waals surface area contributed by atoms with Gasteiger partial charge in [-0.15, -0.1) is 0 Å². The first-order chi connectivity index (χ1) is 7.40. The van der Waals surface area contributed by atoms with E-state index in [9.17, 15) is 0 Å². The first-order valence-corrected chi connectivity index (χ1v) is 5.83.